The van der Waals surface area contributed by atoms with Crippen LogP contribution < -0.4 is 10.6 Å². The Bertz CT molecular complexity index is 758. The molecule has 0 spiro atoms. The van der Waals surface area contributed by atoms with Crippen molar-refractivity contribution in [3.05, 3.63) is 52.4 Å². The van der Waals surface area contributed by atoms with Crippen molar-refractivity contribution in [1.82, 2.24) is 5.32 Å². The molecule has 0 aliphatic rings. The third kappa shape index (κ3) is 6.07. The summed E-state index contributed by atoms with van der Waals surface area (Å²) in [7, 11) is 0. The second kappa shape index (κ2) is 9.03. The molecule has 7 nitrogen and oxygen atoms in total. The second-order valence-corrected chi connectivity index (χ2v) is 6.01. The molecule has 2 amide bonds. The van der Waals surface area contributed by atoms with Crippen molar-refractivity contribution in [2.24, 2.45) is 0 Å². The molecule has 1 aromatic carbocycles. The van der Waals surface area contributed by atoms with Gasteiger partial charge in [-0.2, -0.15) is 0 Å². The van der Waals surface area contributed by atoms with Crippen LogP contribution in [-0.2, 0) is 14.3 Å². The predicted octanol–water partition coefficient (Wildman–Crippen LogP) is 2.65. The summed E-state index contributed by atoms with van der Waals surface area (Å²) < 4.78 is 10.7. The smallest absolute Gasteiger partial charge is 0.308 e. The van der Waals surface area contributed by atoms with E-state index in [1.54, 1.807) is 18.2 Å². The lowest BCUT2D eigenvalue weighted by molar-refractivity contribution is -0.147. The molecule has 1 aromatic heterocycles. The summed E-state index contributed by atoms with van der Waals surface area (Å²) in [5.41, 5.74) is 1.59. The zero-order chi connectivity index (χ0) is 18.2. The minimum Gasteiger partial charge on any atom is -0.459 e. The van der Waals surface area contributed by atoms with E-state index >= 15 is 0 Å². The Hall–Kier alpha value is -2.61. The monoisotopic (exact) mass is 408 g/mol. The van der Waals surface area contributed by atoms with Crippen LogP contribution in [0.15, 0.2) is 45.5 Å². The normalized spacial score (nSPS) is 10.2. The van der Waals surface area contributed by atoms with Gasteiger partial charge in [-0.25, -0.2) is 0 Å². The maximum Gasteiger partial charge on any atom is 0.308 e. The van der Waals surface area contributed by atoms with Crippen LogP contribution in [-0.4, -0.2) is 30.9 Å². The van der Waals surface area contributed by atoms with E-state index in [9.17, 15) is 14.4 Å². The van der Waals surface area contributed by atoms with E-state index in [4.69, 9.17) is 9.15 Å². The van der Waals surface area contributed by atoms with Gasteiger partial charge < -0.3 is 19.8 Å². The summed E-state index contributed by atoms with van der Waals surface area (Å²) in [6, 6.07) is 8.46. The van der Waals surface area contributed by atoms with Crippen LogP contribution in [0.3, 0.4) is 0 Å². The maximum atomic E-state index is 11.8. The Morgan fingerprint density at radius 1 is 1.24 bits per heavy atom. The number of hydrogen-bond donors (Lipinski definition) is 2. The number of aryl methyl sites for hydroxylation is 1. The molecule has 0 fully saturated rings. The number of amides is 2. The number of nitrogens with one attached hydrogen (secondary N) is 2. The fourth-order valence-corrected chi connectivity index (χ4v) is 2.16. The molecule has 0 aliphatic carbocycles. The van der Waals surface area contributed by atoms with Gasteiger partial charge in [-0.15, -0.1) is 0 Å². The minimum atomic E-state index is -0.582. The first-order chi connectivity index (χ1) is 12.0. The van der Waals surface area contributed by atoms with Crippen molar-refractivity contribution in [2.45, 2.75) is 13.3 Å². The van der Waals surface area contributed by atoms with Gasteiger partial charge in [-0.3, -0.25) is 14.4 Å². The van der Waals surface area contributed by atoms with Crippen molar-refractivity contribution in [1.29, 1.82) is 0 Å². The Morgan fingerprint density at radius 2 is 2.04 bits per heavy atom. The van der Waals surface area contributed by atoms with Crippen LogP contribution in [0, 0.1) is 6.92 Å². The molecule has 8 heteroatoms. The molecule has 1 heterocycles. The highest BCUT2D eigenvalue weighted by molar-refractivity contribution is 9.10. The van der Waals surface area contributed by atoms with Crippen molar-refractivity contribution in [2.75, 3.05) is 18.5 Å². The van der Waals surface area contributed by atoms with Crippen molar-refractivity contribution in [3.8, 4) is 0 Å². The average molecular weight is 409 g/mol. The molecular weight excluding hydrogens is 392 g/mol. The van der Waals surface area contributed by atoms with E-state index < -0.39 is 17.8 Å². The molecular formula is C17H17BrN2O5. The van der Waals surface area contributed by atoms with E-state index in [1.807, 2.05) is 13.0 Å². The summed E-state index contributed by atoms with van der Waals surface area (Å²) >= 11 is 3.37. The first-order valence-electron chi connectivity index (χ1n) is 7.49. The van der Waals surface area contributed by atoms with Crippen LogP contribution in [0.25, 0.3) is 0 Å². The van der Waals surface area contributed by atoms with Gasteiger partial charge >= 0.3 is 5.97 Å². The number of rotatable bonds is 7. The Balaban J connectivity index is 1.66. The number of hydrogen-bond acceptors (Lipinski definition) is 5. The number of carbonyl (C=O) groups excluding carboxylic acids is 3. The summed E-state index contributed by atoms with van der Waals surface area (Å²) in [5, 5.41) is 5.16. The Kier molecular flexibility index (Phi) is 6.76. The van der Waals surface area contributed by atoms with Gasteiger partial charge in [0.05, 0.1) is 12.7 Å². The van der Waals surface area contributed by atoms with Crippen molar-refractivity contribution in [3.63, 3.8) is 0 Å². The average Bonchev–Trinajstić information content (AvgIpc) is 3.11. The van der Waals surface area contributed by atoms with Crippen molar-refractivity contribution < 1.29 is 23.5 Å². The SMILES string of the molecule is Cc1cc(NC(=O)COC(=O)CCNC(=O)c2ccco2)ccc1Br. The molecule has 0 saturated heterocycles. The number of esters is 1. The highest BCUT2D eigenvalue weighted by Crippen LogP contribution is 2.19. The number of ether oxygens (including phenoxy) is 1. The molecule has 2 rings (SSSR count). The Morgan fingerprint density at radius 3 is 2.72 bits per heavy atom. The number of furan rings is 1. The van der Waals surface area contributed by atoms with Crippen LogP contribution >= 0.6 is 15.9 Å². The highest BCUT2D eigenvalue weighted by atomic mass is 79.9. The third-order valence-corrected chi connectivity index (χ3v) is 4.06. The topological polar surface area (TPSA) is 97.6 Å². The predicted molar refractivity (Wildman–Crippen MR) is 94.1 cm³/mol. The molecule has 0 saturated carbocycles. The van der Waals surface area contributed by atoms with E-state index in [2.05, 4.69) is 26.6 Å². The van der Waals surface area contributed by atoms with Gasteiger partial charge in [-0.1, -0.05) is 15.9 Å². The van der Waals surface area contributed by atoms with Gasteiger partial charge in [0.15, 0.2) is 12.4 Å². The molecule has 2 N–H and O–H groups in total. The number of anilines is 1. The van der Waals surface area contributed by atoms with Crippen LogP contribution in [0.4, 0.5) is 5.69 Å². The molecule has 0 aliphatic heterocycles. The summed E-state index contributed by atoms with van der Waals surface area (Å²) in [5.74, 6) is -1.27. The highest BCUT2D eigenvalue weighted by Gasteiger charge is 2.11. The quantitative estimate of drug-likeness (QED) is 0.686. The standard InChI is InChI=1S/C17H17BrN2O5/c1-11-9-12(4-5-13(11)18)20-15(21)10-25-16(22)6-7-19-17(23)14-3-2-8-24-14/h2-5,8-9H,6-7,10H2,1H3,(H,19,23)(H,20,21). The lowest BCUT2D eigenvalue weighted by Crippen LogP contribution is -2.27. The summed E-state index contributed by atoms with van der Waals surface area (Å²) in [4.78, 5) is 34.9. The van der Waals surface area contributed by atoms with Crippen molar-refractivity contribution >= 4 is 39.4 Å². The zero-order valence-electron chi connectivity index (χ0n) is 13.5. The lowest BCUT2D eigenvalue weighted by Gasteiger charge is -2.08. The van der Waals surface area contributed by atoms with Gasteiger partial charge in [0, 0.05) is 16.7 Å². The molecule has 2 aromatic rings. The van der Waals surface area contributed by atoms with E-state index in [0.717, 1.165) is 10.0 Å². The third-order valence-electron chi connectivity index (χ3n) is 3.17. The second-order valence-electron chi connectivity index (χ2n) is 5.16. The molecule has 0 unspecified atom stereocenters. The Labute approximate surface area is 152 Å². The molecule has 0 atom stereocenters. The number of carbonyl (C=O) groups is 3. The summed E-state index contributed by atoms with van der Waals surface area (Å²) in [6.45, 7) is 1.60. The largest absolute Gasteiger partial charge is 0.459 e. The van der Waals surface area contributed by atoms with Gasteiger partial charge in [0.1, 0.15) is 0 Å². The van der Waals surface area contributed by atoms with Gasteiger partial charge in [0.2, 0.25) is 0 Å². The maximum absolute atomic E-state index is 11.8. The van der Waals surface area contributed by atoms with E-state index in [-0.39, 0.29) is 25.3 Å². The fraction of sp³-hybridized carbons (Fsp3) is 0.235. The summed E-state index contributed by atoms with van der Waals surface area (Å²) in [6.07, 6.45) is 1.34. The first-order valence-corrected chi connectivity index (χ1v) is 8.28. The lowest BCUT2D eigenvalue weighted by atomic mass is 10.2. The number of halogens is 1. The van der Waals surface area contributed by atoms with Crippen LogP contribution in [0.2, 0.25) is 0 Å². The minimum absolute atomic E-state index is 0.0445. The fourth-order valence-electron chi connectivity index (χ4n) is 1.91. The molecule has 25 heavy (non-hydrogen) atoms. The van der Waals surface area contributed by atoms with E-state index in [0.29, 0.717) is 5.69 Å². The van der Waals surface area contributed by atoms with Crippen LogP contribution in [0.5, 0.6) is 0 Å². The zero-order valence-corrected chi connectivity index (χ0v) is 15.1. The molecule has 0 radical (unpaired) electrons. The van der Waals surface area contributed by atoms with E-state index in [1.165, 1.54) is 12.3 Å². The van der Waals surface area contributed by atoms with Gasteiger partial charge in [-0.05, 0) is 42.8 Å². The first kappa shape index (κ1) is 18.7. The molecule has 0 bridgehead atoms. The number of benzene rings is 1. The van der Waals surface area contributed by atoms with Gasteiger partial charge in [0.25, 0.3) is 11.8 Å². The molecule has 132 valence electrons. The van der Waals surface area contributed by atoms with Crippen LogP contribution in [0.1, 0.15) is 22.5 Å².